The minimum absolute atomic E-state index is 0.134. The number of benzene rings is 2. The van der Waals surface area contributed by atoms with Gasteiger partial charge in [-0.3, -0.25) is 4.79 Å². The third kappa shape index (κ3) is 5.26. The fraction of sp³-hybridized carbons (Fsp3) is 0.261. The lowest BCUT2D eigenvalue weighted by Crippen LogP contribution is -2.43. The number of carboxylic acid groups (broad SMARTS) is 1. The van der Waals surface area contributed by atoms with Crippen molar-refractivity contribution in [3.8, 4) is 17.1 Å². The average molecular weight is 409 g/mol. The summed E-state index contributed by atoms with van der Waals surface area (Å²) in [6.45, 7) is 3.47. The number of nitrogens with one attached hydrogen (secondary N) is 1. The summed E-state index contributed by atoms with van der Waals surface area (Å²) >= 11 is 0. The van der Waals surface area contributed by atoms with Crippen molar-refractivity contribution < 1.29 is 23.8 Å². The predicted molar refractivity (Wildman–Crippen MR) is 112 cm³/mol. The van der Waals surface area contributed by atoms with Crippen LogP contribution < -0.4 is 15.7 Å². The summed E-state index contributed by atoms with van der Waals surface area (Å²) in [4.78, 5) is 35.4. The lowest BCUT2D eigenvalue weighted by Gasteiger charge is -2.16. The standard InChI is InChI=1S/C23H23NO6/c1-14(2)11-19(22(26)27)24-21(25)13-29-17-9-7-15(8-10-17)20-12-16-5-3-4-6-18(16)23(28)30-20/h3-10,12,14,19H,11,13H2,1-2H3,(H,24,25)(H,26,27). The monoisotopic (exact) mass is 409 g/mol. The van der Waals surface area contributed by atoms with Gasteiger partial charge in [-0.25, -0.2) is 9.59 Å². The maximum absolute atomic E-state index is 12.1. The molecule has 0 aliphatic heterocycles. The molecule has 0 saturated carbocycles. The SMILES string of the molecule is CC(C)CC(NC(=O)COc1ccc(-c2cc3ccccc3c(=O)o2)cc1)C(=O)O. The molecule has 1 heterocycles. The van der Waals surface area contributed by atoms with E-state index in [1.165, 1.54) is 0 Å². The van der Waals surface area contributed by atoms with E-state index in [2.05, 4.69) is 5.32 Å². The van der Waals surface area contributed by atoms with Crippen molar-refractivity contribution in [3.63, 3.8) is 0 Å². The zero-order valence-electron chi connectivity index (χ0n) is 16.8. The van der Waals surface area contributed by atoms with Gasteiger partial charge < -0.3 is 19.6 Å². The minimum atomic E-state index is -1.07. The Hall–Kier alpha value is -3.61. The molecule has 0 radical (unpaired) electrons. The highest BCUT2D eigenvalue weighted by atomic mass is 16.5. The molecule has 2 N–H and O–H groups in total. The molecule has 1 amide bonds. The van der Waals surface area contributed by atoms with E-state index in [-0.39, 0.29) is 12.5 Å². The average Bonchev–Trinajstić information content (AvgIpc) is 2.72. The third-order valence-corrected chi connectivity index (χ3v) is 4.52. The molecule has 0 bridgehead atoms. The molecule has 7 nitrogen and oxygen atoms in total. The number of carboxylic acids is 1. The molecular formula is C23H23NO6. The predicted octanol–water partition coefficient (Wildman–Crippen LogP) is 3.45. The fourth-order valence-corrected chi connectivity index (χ4v) is 3.07. The topological polar surface area (TPSA) is 106 Å². The third-order valence-electron chi connectivity index (χ3n) is 4.52. The maximum atomic E-state index is 12.1. The van der Waals surface area contributed by atoms with Crippen LogP contribution in [0.25, 0.3) is 22.1 Å². The van der Waals surface area contributed by atoms with Crippen LogP contribution in [0.4, 0.5) is 0 Å². The number of fused-ring (bicyclic) bond motifs is 1. The lowest BCUT2D eigenvalue weighted by atomic mass is 10.0. The van der Waals surface area contributed by atoms with Crippen molar-refractivity contribution in [2.45, 2.75) is 26.3 Å². The van der Waals surface area contributed by atoms with Crippen LogP contribution in [0.2, 0.25) is 0 Å². The molecule has 7 heteroatoms. The molecule has 0 spiro atoms. The van der Waals surface area contributed by atoms with E-state index in [9.17, 15) is 19.5 Å². The molecule has 0 aliphatic carbocycles. The van der Waals surface area contributed by atoms with Crippen molar-refractivity contribution >= 4 is 22.6 Å². The molecule has 0 fully saturated rings. The molecule has 2 aromatic carbocycles. The van der Waals surface area contributed by atoms with Gasteiger partial charge in [-0.15, -0.1) is 0 Å². The van der Waals surface area contributed by atoms with Crippen LogP contribution in [0.15, 0.2) is 63.8 Å². The number of carbonyl (C=O) groups is 2. The number of carbonyl (C=O) groups excluding carboxylic acids is 1. The molecule has 1 aromatic heterocycles. The van der Waals surface area contributed by atoms with E-state index in [1.807, 2.05) is 26.0 Å². The maximum Gasteiger partial charge on any atom is 0.344 e. The minimum Gasteiger partial charge on any atom is -0.484 e. The van der Waals surface area contributed by atoms with Crippen molar-refractivity contribution in [2.24, 2.45) is 5.92 Å². The first kappa shape index (κ1) is 21.1. The highest BCUT2D eigenvalue weighted by Gasteiger charge is 2.21. The zero-order valence-corrected chi connectivity index (χ0v) is 16.8. The number of aliphatic carboxylic acids is 1. The first-order chi connectivity index (χ1) is 14.3. The Balaban J connectivity index is 1.64. The van der Waals surface area contributed by atoms with Gasteiger partial charge in [-0.05, 0) is 54.1 Å². The molecular weight excluding hydrogens is 386 g/mol. The molecule has 3 aromatic rings. The van der Waals surface area contributed by atoms with E-state index < -0.39 is 23.5 Å². The number of rotatable bonds is 8. The van der Waals surface area contributed by atoms with Crippen LogP contribution in [0.5, 0.6) is 5.75 Å². The largest absolute Gasteiger partial charge is 0.484 e. The number of hydrogen-bond donors (Lipinski definition) is 2. The van der Waals surface area contributed by atoms with Crippen LogP contribution in [0, 0.1) is 5.92 Å². The molecule has 30 heavy (non-hydrogen) atoms. The molecule has 156 valence electrons. The smallest absolute Gasteiger partial charge is 0.344 e. The van der Waals surface area contributed by atoms with Crippen LogP contribution >= 0.6 is 0 Å². The Labute approximate surface area is 173 Å². The number of ether oxygens (including phenoxy) is 1. The molecule has 0 aliphatic rings. The van der Waals surface area contributed by atoms with Gasteiger partial charge in [0.1, 0.15) is 17.6 Å². The van der Waals surface area contributed by atoms with Gasteiger partial charge in [0.15, 0.2) is 6.61 Å². The van der Waals surface area contributed by atoms with Crippen LogP contribution in [0.1, 0.15) is 20.3 Å². The fourth-order valence-electron chi connectivity index (χ4n) is 3.07. The van der Waals surface area contributed by atoms with Crippen molar-refractivity contribution in [3.05, 3.63) is 65.0 Å². The van der Waals surface area contributed by atoms with Crippen molar-refractivity contribution in [1.82, 2.24) is 5.32 Å². The summed E-state index contributed by atoms with van der Waals surface area (Å²) in [5.74, 6) is -0.574. The zero-order chi connectivity index (χ0) is 21.7. The molecule has 3 rings (SSSR count). The number of hydrogen-bond acceptors (Lipinski definition) is 5. The normalized spacial score (nSPS) is 12.0. The van der Waals surface area contributed by atoms with Gasteiger partial charge in [0.05, 0.1) is 5.39 Å². The van der Waals surface area contributed by atoms with Gasteiger partial charge in [0.25, 0.3) is 5.91 Å². The first-order valence-electron chi connectivity index (χ1n) is 9.62. The first-order valence-corrected chi connectivity index (χ1v) is 9.62. The Bertz CT molecular complexity index is 1100. The molecule has 1 atom stereocenters. The summed E-state index contributed by atoms with van der Waals surface area (Å²) in [5, 5.41) is 13.0. The summed E-state index contributed by atoms with van der Waals surface area (Å²) in [7, 11) is 0. The van der Waals surface area contributed by atoms with Gasteiger partial charge in [-0.2, -0.15) is 0 Å². The van der Waals surface area contributed by atoms with Gasteiger partial charge in [0, 0.05) is 5.56 Å². The van der Waals surface area contributed by atoms with Crippen LogP contribution in [-0.2, 0) is 9.59 Å². The molecule has 1 unspecified atom stereocenters. The van der Waals surface area contributed by atoms with E-state index in [0.717, 1.165) is 5.39 Å². The van der Waals surface area contributed by atoms with Gasteiger partial charge in [-0.1, -0.05) is 32.0 Å². The second-order valence-electron chi connectivity index (χ2n) is 7.39. The van der Waals surface area contributed by atoms with E-state index in [1.54, 1.807) is 42.5 Å². The summed E-state index contributed by atoms with van der Waals surface area (Å²) in [5.41, 5.74) is 0.284. The van der Waals surface area contributed by atoms with E-state index in [4.69, 9.17) is 9.15 Å². The Kier molecular flexibility index (Phi) is 6.51. The van der Waals surface area contributed by atoms with E-state index in [0.29, 0.717) is 28.9 Å². The van der Waals surface area contributed by atoms with Gasteiger partial charge >= 0.3 is 11.6 Å². The van der Waals surface area contributed by atoms with Gasteiger partial charge in [0.2, 0.25) is 0 Å². The highest BCUT2D eigenvalue weighted by molar-refractivity contribution is 5.85. The van der Waals surface area contributed by atoms with Crippen molar-refractivity contribution in [1.29, 1.82) is 0 Å². The second kappa shape index (κ2) is 9.26. The summed E-state index contributed by atoms with van der Waals surface area (Å²) in [6, 6.07) is 14.8. The van der Waals surface area contributed by atoms with Crippen molar-refractivity contribution in [2.75, 3.05) is 6.61 Å². The second-order valence-corrected chi connectivity index (χ2v) is 7.39. The van der Waals surface area contributed by atoms with E-state index >= 15 is 0 Å². The van der Waals surface area contributed by atoms with Crippen LogP contribution in [0.3, 0.4) is 0 Å². The summed E-state index contributed by atoms with van der Waals surface area (Å²) in [6.07, 6.45) is 0.340. The number of amides is 1. The Morgan fingerprint density at radius 2 is 1.80 bits per heavy atom. The Morgan fingerprint density at radius 1 is 1.10 bits per heavy atom. The summed E-state index contributed by atoms with van der Waals surface area (Å²) < 4.78 is 10.8. The lowest BCUT2D eigenvalue weighted by molar-refractivity contribution is -0.142. The highest BCUT2D eigenvalue weighted by Crippen LogP contribution is 2.24. The van der Waals surface area contributed by atoms with Crippen LogP contribution in [-0.4, -0.2) is 29.6 Å². The molecule has 0 saturated heterocycles. The quantitative estimate of drug-likeness (QED) is 0.590. The Morgan fingerprint density at radius 3 is 2.47 bits per heavy atom.